The highest BCUT2D eigenvalue weighted by Gasteiger charge is 2.45. The molecule has 1 aromatic rings. The smallest absolute Gasteiger partial charge is 0.326 e. The maximum atomic E-state index is 12.2. The molecule has 8 heteroatoms. The second-order valence-corrected chi connectivity index (χ2v) is 4.92. The molecule has 0 aliphatic carbocycles. The minimum Gasteiger partial charge on any atom is -0.481 e. The lowest BCUT2D eigenvalue weighted by Gasteiger charge is -2.22. The number of likely N-dealkylation sites (tertiary alicyclic amines) is 1. The molecule has 1 fully saturated rings. The van der Waals surface area contributed by atoms with Crippen molar-refractivity contribution in [2.75, 3.05) is 13.1 Å². The van der Waals surface area contributed by atoms with Crippen molar-refractivity contribution in [1.82, 2.24) is 14.9 Å². The molecule has 3 N–H and O–H groups in total. The lowest BCUT2D eigenvalue weighted by Crippen LogP contribution is -2.38. The standard InChI is InChI=1S/C12H15N3O5/c1-2-12(10(18)19)3-4-15(6-12)9(17)7-5-8(16)14-11(20)13-7/h5H,2-4,6H2,1H3,(H,18,19)(H2,13,14,16,20). The summed E-state index contributed by atoms with van der Waals surface area (Å²) >= 11 is 0. The summed E-state index contributed by atoms with van der Waals surface area (Å²) in [6.07, 6.45) is 0.774. The average Bonchev–Trinajstić information content (AvgIpc) is 2.82. The molecule has 2 rings (SSSR count). The Bertz CT molecular complexity index is 633. The number of hydrogen-bond acceptors (Lipinski definition) is 4. The number of hydrogen-bond donors (Lipinski definition) is 3. The number of rotatable bonds is 3. The fourth-order valence-corrected chi connectivity index (χ4v) is 2.41. The van der Waals surface area contributed by atoms with Crippen molar-refractivity contribution in [3.63, 3.8) is 0 Å². The summed E-state index contributed by atoms with van der Waals surface area (Å²) in [5.41, 5.74) is -2.51. The van der Waals surface area contributed by atoms with Gasteiger partial charge < -0.3 is 15.0 Å². The monoisotopic (exact) mass is 281 g/mol. The number of H-pyrrole nitrogens is 2. The van der Waals surface area contributed by atoms with E-state index >= 15 is 0 Å². The Morgan fingerprint density at radius 1 is 1.40 bits per heavy atom. The van der Waals surface area contributed by atoms with Crippen LogP contribution in [0.15, 0.2) is 15.7 Å². The van der Waals surface area contributed by atoms with Crippen molar-refractivity contribution in [1.29, 1.82) is 0 Å². The molecule has 0 radical (unpaired) electrons. The molecule has 0 spiro atoms. The zero-order valence-corrected chi connectivity index (χ0v) is 10.9. The van der Waals surface area contributed by atoms with Gasteiger partial charge in [0.15, 0.2) is 0 Å². The third-order valence-electron chi connectivity index (χ3n) is 3.76. The molecule has 1 unspecified atom stereocenters. The Morgan fingerprint density at radius 2 is 2.10 bits per heavy atom. The van der Waals surface area contributed by atoms with Crippen LogP contribution in [0, 0.1) is 5.41 Å². The lowest BCUT2D eigenvalue weighted by molar-refractivity contribution is -0.148. The van der Waals surface area contributed by atoms with E-state index in [4.69, 9.17) is 0 Å². The number of aliphatic carboxylic acids is 1. The van der Waals surface area contributed by atoms with E-state index in [9.17, 15) is 24.3 Å². The van der Waals surface area contributed by atoms with E-state index in [1.54, 1.807) is 6.92 Å². The Balaban J connectivity index is 2.26. The third-order valence-corrected chi connectivity index (χ3v) is 3.76. The Morgan fingerprint density at radius 3 is 2.60 bits per heavy atom. The molecule has 0 aromatic carbocycles. The molecule has 20 heavy (non-hydrogen) atoms. The predicted octanol–water partition coefficient (Wildman–Crippen LogP) is -0.610. The average molecular weight is 281 g/mol. The number of carboxylic acids is 1. The first kappa shape index (κ1) is 14.0. The third kappa shape index (κ3) is 2.36. The predicted molar refractivity (Wildman–Crippen MR) is 68.6 cm³/mol. The van der Waals surface area contributed by atoms with Crippen molar-refractivity contribution in [2.45, 2.75) is 19.8 Å². The van der Waals surface area contributed by atoms with Crippen LogP contribution in [0.4, 0.5) is 0 Å². The molecule has 0 saturated carbocycles. The first-order valence-corrected chi connectivity index (χ1v) is 6.24. The number of aromatic nitrogens is 2. The normalized spacial score (nSPS) is 21.9. The molecular weight excluding hydrogens is 266 g/mol. The van der Waals surface area contributed by atoms with Crippen LogP contribution in [-0.2, 0) is 4.79 Å². The number of nitrogens with zero attached hydrogens (tertiary/aromatic N) is 1. The molecule has 1 saturated heterocycles. The van der Waals surface area contributed by atoms with E-state index in [-0.39, 0.29) is 18.8 Å². The van der Waals surface area contributed by atoms with Crippen LogP contribution in [0.5, 0.6) is 0 Å². The van der Waals surface area contributed by atoms with Crippen molar-refractivity contribution in [3.05, 3.63) is 32.6 Å². The largest absolute Gasteiger partial charge is 0.481 e. The number of amides is 1. The first-order valence-electron chi connectivity index (χ1n) is 6.24. The van der Waals surface area contributed by atoms with E-state index in [1.807, 2.05) is 4.98 Å². The second-order valence-electron chi connectivity index (χ2n) is 4.92. The molecular formula is C12H15N3O5. The quantitative estimate of drug-likeness (QED) is 0.682. The fourth-order valence-electron chi connectivity index (χ4n) is 2.41. The summed E-state index contributed by atoms with van der Waals surface area (Å²) in [6.45, 7) is 2.12. The molecule has 8 nitrogen and oxygen atoms in total. The van der Waals surface area contributed by atoms with Crippen molar-refractivity contribution in [3.8, 4) is 0 Å². The first-order chi connectivity index (χ1) is 9.38. The van der Waals surface area contributed by atoms with Crippen LogP contribution in [0.3, 0.4) is 0 Å². The van der Waals surface area contributed by atoms with Crippen LogP contribution in [0.25, 0.3) is 0 Å². The molecule has 0 bridgehead atoms. The van der Waals surface area contributed by atoms with Gasteiger partial charge in [0.2, 0.25) is 0 Å². The molecule has 108 valence electrons. The van der Waals surface area contributed by atoms with Crippen LogP contribution in [-0.4, -0.2) is 44.9 Å². The number of aromatic amines is 2. The van der Waals surface area contributed by atoms with Gasteiger partial charge in [0.1, 0.15) is 5.69 Å². The van der Waals surface area contributed by atoms with E-state index in [0.717, 1.165) is 6.07 Å². The van der Waals surface area contributed by atoms with Gasteiger partial charge in [0.05, 0.1) is 5.41 Å². The van der Waals surface area contributed by atoms with E-state index in [0.29, 0.717) is 12.8 Å². The molecule has 2 heterocycles. The molecule has 1 aliphatic rings. The van der Waals surface area contributed by atoms with Gasteiger partial charge in [-0.1, -0.05) is 6.92 Å². The Labute approximate surface area is 113 Å². The summed E-state index contributed by atoms with van der Waals surface area (Å²) in [6, 6.07) is 0.996. The Kier molecular flexibility index (Phi) is 3.47. The SMILES string of the molecule is CCC1(C(=O)O)CCN(C(=O)c2cc(=O)[nH]c(=O)[nH]2)C1. The zero-order valence-electron chi connectivity index (χ0n) is 10.9. The molecule has 1 aromatic heterocycles. The van der Waals surface area contributed by atoms with Crippen molar-refractivity contribution < 1.29 is 14.7 Å². The van der Waals surface area contributed by atoms with Crippen LogP contribution >= 0.6 is 0 Å². The summed E-state index contributed by atoms with van der Waals surface area (Å²) in [4.78, 5) is 51.4. The minimum absolute atomic E-state index is 0.0759. The van der Waals surface area contributed by atoms with Crippen LogP contribution in [0.2, 0.25) is 0 Å². The van der Waals surface area contributed by atoms with Gasteiger partial charge in [-0.05, 0) is 12.8 Å². The van der Waals surface area contributed by atoms with E-state index in [2.05, 4.69) is 4.98 Å². The maximum Gasteiger partial charge on any atom is 0.326 e. The molecule has 1 aliphatic heterocycles. The highest BCUT2D eigenvalue weighted by Crippen LogP contribution is 2.34. The highest BCUT2D eigenvalue weighted by atomic mass is 16.4. The number of carboxylic acid groups (broad SMARTS) is 1. The molecule has 1 atom stereocenters. The second kappa shape index (κ2) is 4.95. The molecule has 1 amide bonds. The highest BCUT2D eigenvalue weighted by molar-refractivity contribution is 5.93. The Hall–Kier alpha value is -2.38. The van der Waals surface area contributed by atoms with Crippen molar-refractivity contribution >= 4 is 11.9 Å². The zero-order chi connectivity index (χ0) is 14.9. The van der Waals surface area contributed by atoms with Gasteiger partial charge >= 0.3 is 11.7 Å². The summed E-state index contributed by atoms with van der Waals surface area (Å²) in [5, 5.41) is 9.27. The van der Waals surface area contributed by atoms with Gasteiger partial charge in [0.25, 0.3) is 11.5 Å². The van der Waals surface area contributed by atoms with Gasteiger partial charge in [-0.2, -0.15) is 0 Å². The van der Waals surface area contributed by atoms with Crippen molar-refractivity contribution in [2.24, 2.45) is 5.41 Å². The maximum absolute atomic E-state index is 12.2. The number of carbonyl (C=O) groups is 2. The van der Waals surface area contributed by atoms with E-state index < -0.39 is 28.5 Å². The summed E-state index contributed by atoms with van der Waals surface area (Å²) in [7, 11) is 0. The summed E-state index contributed by atoms with van der Waals surface area (Å²) in [5.74, 6) is -1.47. The van der Waals surface area contributed by atoms with Gasteiger partial charge in [-0.3, -0.25) is 19.4 Å². The van der Waals surface area contributed by atoms with Crippen LogP contribution < -0.4 is 11.2 Å². The fraction of sp³-hybridized carbons (Fsp3) is 0.500. The van der Waals surface area contributed by atoms with E-state index in [1.165, 1.54) is 4.90 Å². The van der Waals surface area contributed by atoms with Gasteiger partial charge in [-0.25, -0.2) is 4.79 Å². The van der Waals surface area contributed by atoms with Gasteiger partial charge in [0, 0.05) is 19.2 Å². The topological polar surface area (TPSA) is 123 Å². The van der Waals surface area contributed by atoms with Gasteiger partial charge in [-0.15, -0.1) is 0 Å². The minimum atomic E-state index is -0.947. The number of carbonyl (C=O) groups excluding carboxylic acids is 1. The van der Waals surface area contributed by atoms with Crippen LogP contribution in [0.1, 0.15) is 30.3 Å². The summed E-state index contributed by atoms with van der Waals surface area (Å²) < 4.78 is 0. The number of nitrogens with one attached hydrogen (secondary N) is 2. The lowest BCUT2D eigenvalue weighted by atomic mass is 9.84.